The summed E-state index contributed by atoms with van der Waals surface area (Å²) in [5, 5.41) is 3.80. The fourth-order valence-corrected chi connectivity index (χ4v) is 2.65. The number of nitrogens with zero attached hydrogens (tertiary/aromatic N) is 1. The zero-order valence-corrected chi connectivity index (χ0v) is 13.5. The quantitative estimate of drug-likeness (QED) is 0.703. The van der Waals surface area contributed by atoms with E-state index in [1.54, 1.807) is 12.1 Å². The van der Waals surface area contributed by atoms with E-state index in [2.05, 4.69) is 9.88 Å². The van der Waals surface area contributed by atoms with E-state index in [9.17, 15) is 9.18 Å². The van der Waals surface area contributed by atoms with E-state index in [0.717, 1.165) is 17.4 Å². The molecule has 0 saturated heterocycles. The summed E-state index contributed by atoms with van der Waals surface area (Å²) in [5.74, 6) is 0.150. The van der Waals surface area contributed by atoms with Gasteiger partial charge in [-0.2, -0.15) is 0 Å². The molecule has 24 heavy (non-hydrogen) atoms. The molecule has 1 heterocycles. The topological polar surface area (TPSA) is 43.3 Å². The fourth-order valence-electron chi connectivity index (χ4n) is 2.65. The van der Waals surface area contributed by atoms with Gasteiger partial charge in [0.25, 0.3) is 5.91 Å². The van der Waals surface area contributed by atoms with E-state index in [1.165, 1.54) is 12.1 Å². The smallest absolute Gasteiger partial charge is 0.253 e. The highest BCUT2D eigenvalue weighted by Gasteiger charge is 2.13. The molecule has 0 radical (unpaired) electrons. The van der Waals surface area contributed by atoms with E-state index in [-0.39, 0.29) is 11.7 Å². The zero-order chi connectivity index (χ0) is 16.9. The minimum atomic E-state index is -0.303. The van der Waals surface area contributed by atoms with Gasteiger partial charge in [-0.15, -0.1) is 0 Å². The molecule has 5 heteroatoms. The van der Waals surface area contributed by atoms with Crippen LogP contribution in [0.2, 0.25) is 0 Å². The van der Waals surface area contributed by atoms with Gasteiger partial charge in [-0.05, 0) is 37.3 Å². The lowest BCUT2D eigenvalue weighted by atomic mass is 10.1. The Morgan fingerprint density at radius 1 is 1.17 bits per heavy atom. The third-order valence-electron chi connectivity index (χ3n) is 3.84. The number of aromatic nitrogens is 1. The molecule has 1 amide bonds. The van der Waals surface area contributed by atoms with Crippen molar-refractivity contribution in [3.63, 3.8) is 0 Å². The number of nitrogens with one attached hydrogen (secondary N) is 1. The molecule has 0 bridgehead atoms. The number of amides is 1. The number of carbonyl (C=O) groups is 1. The molecule has 124 valence electrons. The standard InChI is InChI=1S/C19H19FN2O2/c1-2-22-13-17(16-5-3-4-6-18(16)22)19(23)21-11-12-24-15-9-7-14(20)8-10-15/h3-10,13H,2,11-12H2,1H3,(H,21,23). The van der Waals surface area contributed by atoms with Crippen LogP contribution >= 0.6 is 0 Å². The first kappa shape index (κ1) is 16.1. The summed E-state index contributed by atoms with van der Waals surface area (Å²) in [6.07, 6.45) is 1.88. The maximum Gasteiger partial charge on any atom is 0.253 e. The minimum absolute atomic E-state index is 0.124. The molecule has 0 spiro atoms. The van der Waals surface area contributed by atoms with Crippen molar-refractivity contribution in [1.82, 2.24) is 9.88 Å². The SMILES string of the molecule is CCn1cc(C(=O)NCCOc2ccc(F)cc2)c2ccccc21. The van der Waals surface area contributed by atoms with Crippen molar-refractivity contribution in [1.29, 1.82) is 0 Å². The van der Waals surface area contributed by atoms with Gasteiger partial charge in [0.15, 0.2) is 0 Å². The summed E-state index contributed by atoms with van der Waals surface area (Å²) in [5.41, 5.74) is 1.71. The van der Waals surface area contributed by atoms with Crippen molar-refractivity contribution < 1.29 is 13.9 Å². The summed E-state index contributed by atoms with van der Waals surface area (Å²) in [6.45, 7) is 3.55. The number of rotatable bonds is 6. The Balaban J connectivity index is 1.60. The molecule has 2 aromatic carbocycles. The average molecular weight is 326 g/mol. The van der Waals surface area contributed by atoms with Gasteiger partial charge in [0.05, 0.1) is 12.1 Å². The van der Waals surface area contributed by atoms with E-state index >= 15 is 0 Å². The van der Waals surface area contributed by atoms with Gasteiger partial charge in [0.2, 0.25) is 0 Å². The predicted molar refractivity (Wildman–Crippen MR) is 91.8 cm³/mol. The molecule has 0 aliphatic rings. The molecule has 3 rings (SSSR count). The van der Waals surface area contributed by atoms with Crippen LogP contribution in [-0.4, -0.2) is 23.6 Å². The van der Waals surface area contributed by atoms with Crippen LogP contribution in [0.15, 0.2) is 54.7 Å². The third kappa shape index (κ3) is 3.40. The highest BCUT2D eigenvalue weighted by molar-refractivity contribution is 6.07. The molecule has 0 aliphatic carbocycles. The van der Waals surface area contributed by atoms with Gasteiger partial charge >= 0.3 is 0 Å². The third-order valence-corrected chi connectivity index (χ3v) is 3.84. The lowest BCUT2D eigenvalue weighted by molar-refractivity contribution is 0.0948. The summed E-state index contributed by atoms with van der Waals surface area (Å²) in [4.78, 5) is 12.4. The number of carbonyl (C=O) groups excluding carboxylic acids is 1. The predicted octanol–water partition coefficient (Wildman–Crippen LogP) is 3.61. The normalized spacial score (nSPS) is 10.8. The molecule has 0 unspecified atom stereocenters. The Labute approximate surface area is 139 Å². The molecule has 1 N–H and O–H groups in total. The summed E-state index contributed by atoms with van der Waals surface area (Å²) in [7, 11) is 0. The van der Waals surface area contributed by atoms with Gasteiger partial charge in [-0.3, -0.25) is 4.79 Å². The summed E-state index contributed by atoms with van der Waals surface area (Å²) in [6, 6.07) is 13.7. The van der Waals surface area contributed by atoms with Gasteiger partial charge in [-0.1, -0.05) is 18.2 Å². The van der Waals surface area contributed by atoms with Crippen molar-refractivity contribution >= 4 is 16.8 Å². The largest absolute Gasteiger partial charge is 0.492 e. The summed E-state index contributed by atoms with van der Waals surface area (Å²) < 4.78 is 20.3. The van der Waals surface area contributed by atoms with E-state index < -0.39 is 0 Å². The number of halogens is 1. The van der Waals surface area contributed by atoms with E-state index in [4.69, 9.17) is 4.74 Å². The Morgan fingerprint density at radius 3 is 2.67 bits per heavy atom. The highest BCUT2D eigenvalue weighted by atomic mass is 19.1. The van der Waals surface area contributed by atoms with Crippen LogP contribution < -0.4 is 10.1 Å². The first-order chi connectivity index (χ1) is 11.7. The van der Waals surface area contributed by atoms with Gasteiger partial charge < -0.3 is 14.6 Å². The van der Waals surface area contributed by atoms with E-state index in [1.807, 2.05) is 37.4 Å². The summed E-state index contributed by atoms with van der Waals surface area (Å²) >= 11 is 0. The first-order valence-corrected chi connectivity index (χ1v) is 7.93. The number of ether oxygens (including phenoxy) is 1. The second-order valence-electron chi connectivity index (χ2n) is 5.40. The number of fused-ring (bicyclic) bond motifs is 1. The molecular weight excluding hydrogens is 307 g/mol. The van der Waals surface area contributed by atoms with E-state index in [0.29, 0.717) is 24.5 Å². The van der Waals surface area contributed by atoms with Crippen LogP contribution in [0.25, 0.3) is 10.9 Å². The molecule has 3 aromatic rings. The number of hydrogen-bond donors (Lipinski definition) is 1. The fraction of sp³-hybridized carbons (Fsp3) is 0.211. The van der Waals surface area contributed by atoms with Crippen LogP contribution in [0.3, 0.4) is 0 Å². The molecule has 0 fully saturated rings. The van der Waals surface area contributed by atoms with Crippen LogP contribution in [0.4, 0.5) is 4.39 Å². The van der Waals surface area contributed by atoms with Crippen LogP contribution in [0, 0.1) is 5.82 Å². The maximum atomic E-state index is 12.8. The minimum Gasteiger partial charge on any atom is -0.492 e. The van der Waals surface area contributed by atoms with Crippen molar-refractivity contribution in [2.45, 2.75) is 13.5 Å². The Kier molecular flexibility index (Phi) is 4.79. The number of benzene rings is 2. The molecule has 0 atom stereocenters. The number of aryl methyl sites for hydroxylation is 1. The van der Waals surface area contributed by atoms with Crippen LogP contribution in [-0.2, 0) is 6.54 Å². The number of hydrogen-bond acceptors (Lipinski definition) is 2. The van der Waals surface area contributed by atoms with Crippen molar-refractivity contribution in [2.75, 3.05) is 13.2 Å². The van der Waals surface area contributed by atoms with Gasteiger partial charge in [-0.25, -0.2) is 4.39 Å². The van der Waals surface area contributed by atoms with Crippen molar-refractivity contribution in [3.05, 3.63) is 66.1 Å². The maximum absolute atomic E-state index is 12.8. The van der Waals surface area contributed by atoms with Gasteiger partial charge in [0.1, 0.15) is 18.2 Å². The lowest BCUT2D eigenvalue weighted by Gasteiger charge is -2.07. The Morgan fingerprint density at radius 2 is 1.92 bits per heavy atom. The lowest BCUT2D eigenvalue weighted by Crippen LogP contribution is -2.28. The Bertz CT molecular complexity index is 840. The highest BCUT2D eigenvalue weighted by Crippen LogP contribution is 2.21. The molecular formula is C19H19FN2O2. The monoisotopic (exact) mass is 326 g/mol. The zero-order valence-electron chi connectivity index (χ0n) is 13.5. The molecule has 4 nitrogen and oxygen atoms in total. The van der Waals surface area contributed by atoms with Crippen molar-refractivity contribution in [2.24, 2.45) is 0 Å². The Hall–Kier alpha value is -2.82. The molecule has 1 aromatic heterocycles. The molecule has 0 aliphatic heterocycles. The number of para-hydroxylation sites is 1. The van der Waals surface area contributed by atoms with Crippen LogP contribution in [0.1, 0.15) is 17.3 Å². The first-order valence-electron chi connectivity index (χ1n) is 7.93. The average Bonchev–Trinajstić information content (AvgIpc) is 2.99. The van der Waals surface area contributed by atoms with Crippen molar-refractivity contribution in [3.8, 4) is 5.75 Å². The van der Waals surface area contributed by atoms with Gasteiger partial charge in [0, 0.05) is 23.6 Å². The molecule has 0 saturated carbocycles. The second-order valence-corrected chi connectivity index (χ2v) is 5.40. The van der Waals surface area contributed by atoms with Crippen LogP contribution in [0.5, 0.6) is 5.75 Å². The second kappa shape index (κ2) is 7.17.